The van der Waals surface area contributed by atoms with E-state index in [4.69, 9.17) is 9.84 Å². The highest BCUT2D eigenvalue weighted by Crippen LogP contribution is 2.26. The molecule has 4 heteroatoms. The van der Waals surface area contributed by atoms with Crippen molar-refractivity contribution in [2.75, 3.05) is 13.7 Å². The Morgan fingerprint density at radius 3 is 2.75 bits per heavy atom. The summed E-state index contributed by atoms with van der Waals surface area (Å²) >= 11 is 0. The summed E-state index contributed by atoms with van der Waals surface area (Å²) in [5.74, 6) is -0.186. The van der Waals surface area contributed by atoms with E-state index in [1.165, 1.54) is 19.3 Å². The highest BCUT2D eigenvalue weighted by molar-refractivity contribution is 5.73. The molecular weight excluding hydrogens is 206 g/mol. The lowest BCUT2D eigenvalue weighted by Crippen LogP contribution is -2.36. The van der Waals surface area contributed by atoms with Crippen molar-refractivity contribution < 1.29 is 14.6 Å². The van der Waals surface area contributed by atoms with Gasteiger partial charge in [-0.3, -0.25) is 4.79 Å². The van der Waals surface area contributed by atoms with Crippen molar-refractivity contribution in [1.82, 2.24) is 5.32 Å². The highest BCUT2D eigenvalue weighted by atomic mass is 16.5. The first-order chi connectivity index (χ1) is 7.65. The van der Waals surface area contributed by atoms with Crippen molar-refractivity contribution in [3.8, 4) is 0 Å². The van der Waals surface area contributed by atoms with Gasteiger partial charge in [0.05, 0.1) is 6.10 Å². The minimum Gasteiger partial charge on any atom is -0.480 e. The molecule has 1 aliphatic rings. The number of likely N-dealkylation sites (N-methyl/N-ethyl adjacent to an activating group) is 1. The van der Waals surface area contributed by atoms with Gasteiger partial charge in [0.1, 0.15) is 6.04 Å². The van der Waals surface area contributed by atoms with Crippen LogP contribution >= 0.6 is 0 Å². The van der Waals surface area contributed by atoms with Crippen LogP contribution in [0.1, 0.15) is 39.0 Å². The van der Waals surface area contributed by atoms with E-state index in [9.17, 15) is 4.79 Å². The number of aliphatic carboxylic acids is 1. The van der Waals surface area contributed by atoms with Crippen molar-refractivity contribution in [1.29, 1.82) is 0 Å². The Kier molecular flexibility index (Phi) is 5.77. The molecule has 3 unspecified atom stereocenters. The van der Waals surface area contributed by atoms with Crippen LogP contribution in [0, 0.1) is 5.92 Å². The van der Waals surface area contributed by atoms with Crippen LogP contribution in [0.15, 0.2) is 0 Å². The SMILES string of the molecule is CNC(CCOC1CCCCC1C)C(=O)O. The normalized spacial score (nSPS) is 27.6. The maximum Gasteiger partial charge on any atom is 0.320 e. The van der Waals surface area contributed by atoms with Crippen LogP contribution in [0.4, 0.5) is 0 Å². The second-order valence-corrected chi connectivity index (χ2v) is 4.64. The van der Waals surface area contributed by atoms with Crippen molar-refractivity contribution in [3.05, 3.63) is 0 Å². The Balaban J connectivity index is 2.20. The zero-order chi connectivity index (χ0) is 12.0. The molecule has 0 aromatic heterocycles. The van der Waals surface area contributed by atoms with Gasteiger partial charge >= 0.3 is 5.97 Å². The predicted molar refractivity (Wildman–Crippen MR) is 62.5 cm³/mol. The molecular formula is C12H23NO3. The van der Waals surface area contributed by atoms with Crippen molar-refractivity contribution in [2.24, 2.45) is 5.92 Å². The smallest absolute Gasteiger partial charge is 0.320 e. The molecule has 4 nitrogen and oxygen atoms in total. The Bertz CT molecular complexity index is 220. The van der Waals surface area contributed by atoms with Gasteiger partial charge in [0, 0.05) is 6.61 Å². The molecule has 0 aromatic carbocycles. The fourth-order valence-corrected chi connectivity index (χ4v) is 2.26. The molecule has 0 radical (unpaired) electrons. The van der Waals surface area contributed by atoms with E-state index in [1.54, 1.807) is 7.05 Å². The molecule has 94 valence electrons. The van der Waals surface area contributed by atoms with E-state index in [0.29, 0.717) is 25.0 Å². The van der Waals surface area contributed by atoms with E-state index in [0.717, 1.165) is 6.42 Å². The largest absolute Gasteiger partial charge is 0.480 e. The molecule has 0 heterocycles. The summed E-state index contributed by atoms with van der Waals surface area (Å²) in [7, 11) is 1.67. The summed E-state index contributed by atoms with van der Waals surface area (Å²) in [4.78, 5) is 10.8. The van der Waals surface area contributed by atoms with Crippen LogP contribution in [-0.4, -0.2) is 36.9 Å². The Morgan fingerprint density at radius 1 is 1.50 bits per heavy atom. The molecule has 1 aliphatic carbocycles. The van der Waals surface area contributed by atoms with E-state index in [2.05, 4.69) is 12.2 Å². The van der Waals surface area contributed by atoms with E-state index >= 15 is 0 Å². The second kappa shape index (κ2) is 6.86. The predicted octanol–water partition coefficient (Wildman–Crippen LogP) is 1.64. The van der Waals surface area contributed by atoms with Gasteiger partial charge in [0.15, 0.2) is 0 Å². The van der Waals surface area contributed by atoms with Gasteiger partial charge in [0.25, 0.3) is 0 Å². The summed E-state index contributed by atoms with van der Waals surface area (Å²) in [6.07, 6.45) is 5.77. The van der Waals surface area contributed by atoms with Crippen molar-refractivity contribution in [3.63, 3.8) is 0 Å². The number of carbonyl (C=O) groups is 1. The molecule has 1 rings (SSSR count). The monoisotopic (exact) mass is 229 g/mol. The number of rotatable bonds is 6. The van der Waals surface area contributed by atoms with Crippen LogP contribution in [0.25, 0.3) is 0 Å². The van der Waals surface area contributed by atoms with Gasteiger partial charge in [-0.25, -0.2) is 0 Å². The molecule has 2 N–H and O–H groups in total. The molecule has 1 fully saturated rings. The van der Waals surface area contributed by atoms with E-state index in [1.807, 2.05) is 0 Å². The zero-order valence-electron chi connectivity index (χ0n) is 10.2. The molecule has 3 atom stereocenters. The summed E-state index contributed by atoms with van der Waals surface area (Å²) < 4.78 is 5.77. The average Bonchev–Trinajstić information content (AvgIpc) is 2.26. The number of nitrogens with one attached hydrogen (secondary N) is 1. The van der Waals surface area contributed by atoms with Gasteiger partial charge in [0.2, 0.25) is 0 Å². The third-order valence-electron chi connectivity index (χ3n) is 3.42. The summed E-state index contributed by atoms with van der Waals surface area (Å²) in [5, 5.41) is 11.6. The maximum atomic E-state index is 10.8. The first-order valence-corrected chi connectivity index (χ1v) is 6.16. The number of carboxylic acid groups (broad SMARTS) is 1. The van der Waals surface area contributed by atoms with Crippen LogP contribution in [0.2, 0.25) is 0 Å². The van der Waals surface area contributed by atoms with Gasteiger partial charge in [-0.05, 0) is 32.2 Å². The lowest BCUT2D eigenvalue weighted by molar-refractivity contribution is -0.140. The third kappa shape index (κ3) is 4.10. The quantitative estimate of drug-likeness (QED) is 0.727. The molecule has 0 aliphatic heterocycles. The fourth-order valence-electron chi connectivity index (χ4n) is 2.26. The molecule has 16 heavy (non-hydrogen) atoms. The zero-order valence-corrected chi connectivity index (χ0v) is 10.2. The summed E-state index contributed by atoms with van der Waals surface area (Å²) in [6, 6.07) is -0.487. The molecule has 1 saturated carbocycles. The fraction of sp³-hybridized carbons (Fsp3) is 0.917. The third-order valence-corrected chi connectivity index (χ3v) is 3.42. The van der Waals surface area contributed by atoms with E-state index in [-0.39, 0.29) is 0 Å². The molecule has 0 amide bonds. The lowest BCUT2D eigenvalue weighted by Gasteiger charge is -2.29. The average molecular weight is 229 g/mol. The minimum atomic E-state index is -0.803. The number of hydrogen-bond donors (Lipinski definition) is 2. The Hall–Kier alpha value is -0.610. The summed E-state index contributed by atoms with van der Waals surface area (Å²) in [6.45, 7) is 2.75. The molecule has 0 saturated heterocycles. The summed E-state index contributed by atoms with van der Waals surface area (Å²) in [5.41, 5.74) is 0. The second-order valence-electron chi connectivity index (χ2n) is 4.64. The maximum absolute atomic E-state index is 10.8. The van der Waals surface area contributed by atoms with E-state index < -0.39 is 12.0 Å². The molecule has 0 spiro atoms. The number of ether oxygens (including phenoxy) is 1. The van der Waals surface area contributed by atoms with Gasteiger partial charge in [-0.15, -0.1) is 0 Å². The van der Waals surface area contributed by atoms with Gasteiger partial charge < -0.3 is 15.2 Å². The van der Waals surface area contributed by atoms with Crippen molar-refractivity contribution >= 4 is 5.97 Å². The Labute approximate surface area is 97.4 Å². The highest BCUT2D eigenvalue weighted by Gasteiger charge is 2.22. The van der Waals surface area contributed by atoms with Crippen LogP contribution in [0.5, 0.6) is 0 Å². The lowest BCUT2D eigenvalue weighted by atomic mass is 9.88. The Morgan fingerprint density at radius 2 is 2.19 bits per heavy atom. The minimum absolute atomic E-state index is 0.333. The van der Waals surface area contributed by atoms with Crippen molar-refractivity contribution in [2.45, 2.75) is 51.2 Å². The van der Waals surface area contributed by atoms with Crippen LogP contribution in [-0.2, 0) is 9.53 Å². The first-order valence-electron chi connectivity index (χ1n) is 6.16. The number of carboxylic acids is 1. The molecule has 0 bridgehead atoms. The standard InChI is InChI=1S/C12H23NO3/c1-9-5-3-4-6-11(9)16-8-7-10(13-2)12(14)15/h9-11,13H,3-8H2,1-2H3,(H,14,15). The van der Waals surface area contributed by atoms with Gasteiger partial charge in [-0.2, -0.15) is 0 Å². The first kappa shape index (κ1) is 13.5. The number of hydrogen-bond acceptors (Lipinski definition) is 3. The molecule has 0 aromatic rings. The van der Waals surface area contributed by atoms with Crippen LogP contribution < -0.4 is 5.32 Å². The topological polar surface area (TPSA) is 58.6 Å². The van der Waals surface area contributed by atoms with Crippen LogP contribution in [0.3, 0.4) is 0 Å². The van der Waals surface area contributed by atoms with Gasteiger partial charge in [-0.1, -0.05) is 19.8 Å².